The van der Waals surface area contributed by atoms with Crippen LogP contribution in [0, 0.1) is 0 Å². The van der Waals surface area contributed by atoms with Gasteiger partial charge in [-0.25, -0.2) is 0 Å². The Bertz CT molecular complexity index is 648. The van der Waals surface area contributed by atoms with Crippen LogP contribution in [0.15, 0.2) is 24.4 Å². The minimum Gasteiger partial charge on any atom is -0.343 e. The zero-order chi connectivity index (χ0) is 14.8. The van der Waals surface area contributed by atoms with Gasteiger partial charge in [0.2, 0.25) is 0 Å². The number of amides is 1. The molecule has 1 aliphatic rings. The van der Waals surface area contributed by atoms with Crippen LogP contribution < -0.4 is 5.32 Å². The Morgan fingerprint density at radius 2 is 2.14 bits per heavy atom. The average Bonchev–Trinajstić information content (AvgIpc) is 2.83. The van der Waals surface area contributed by atoms with Crippen LogP contribution in [0.5, 0.6) is 0 Å². The maximum atomic E-state index is 12.6. The number of pyridine rings is 1. The highest BCUT2D eigenvalue weighted by atomic mass is 16.2. The lowest BCUT2D eigenvalue weighted by Gasteiger charge is -2.15. The van der Waals surface area contributed by atoms with Gasteiger partial charge in [-0.05, 0) is 44.7 Å². The number of fused-ring (bicyclic) bond motifs is 1. The number of nitrogens with zero attached hydrogens (tertiary/aromatic N) is 3. The molecule has 3 rings (SSSR count). The molecule has 0 aliphatic heterocycles. The lowest BCUT2D eigenvalue weighted by atomic mass is 9.95. The van der Waals surface area contributed by atoms with E-state index in [-0.39, 0.29) is 11.9 Å². The molecule has 0 bridgehead atoms. The van der Waals surface area contributed by atoms with E-state index < -0.39 is 0 Å². The third-order valence-corrected chi connectivity index (χ3v) is 4.01. The molecule has 110 valence electrons. The molecule has 0 radical (unpaired) electrons. The molecule has 21 heavy (non-hydrogen) atoms. The van der Waals surface area contributed by atoms with Gasteiger partial charge >= 0.3 is 0 Å². The van der Waals surface area contributed by atoms with Crippen LogP contribution in [0.4, 0.5) is 0 Å². The van der Waals surface area contributed by atoms with Crippen molar-refractivity contribution in [2.75, 3.05) is 0 Å². The zero-order valence-corrected chi connectivity index (χ0v) is 12.5. The topological polar surface area (TPSA) is 59.8 Å². The van der Waals surface area contributed by atoms with Crippen molar-refractivity contribution in [1.82, 2.24) is 20.1 Å². The van der Waals surface area contributed by atoms with E-state index in [1.807, 2.05) is 32.2 Å². The number of nitrogens with one attached hydrogen (secondary N) is 1. The molecule has 1 aliphatic carbocycles. The summed E-state index contributed by atoms with van der Waals surface area (Å²) in [7, 11) is 1.85. The molecule has 2 aromatic rings. The fraction of sp³-hybridized carbons (Fsp3) is 0.438. The lowest BCUT2D eigenvalue weighted by Crippen LogP contribution is -2.29. The first-order valence-corrected chi connectivity index (χ1v) is 7.43. The Morgan fingerprint density at radius 3 is 2.90 bits per heavy atom. The van der Waals surface area contributed by atoms with E-state index in [9.17, 15) is 4.79 Å². The van der Waals surface area contributed by atoms with Crippen LogP contribution in [-0.2, 0) is 19.9 Å². The fourth-order valence-electron chi connectivity index (χ4n) is 2.94. The maximum Gasteiger partial charge on any atom is 0.270 e. The minimum absolute atomic E-state index is 0.0636. The van der Waals surface area contributed by atoms with E-state index in [2.05, 4.69) is 15.4 Å². The quantitative estimate of drug-likeness (QED) is 0.940. The number of aromatic nitrogens is 3. The van der Waals surface area contributed by atoms with Crippen molar-refractivity contribution in [1.29, 1.82) is 0 Å². The number of rotatable bonds is 3. The molecule has 0 saturated carbocycles. The summed E-state index contributed by atoms with van der Waals surface area (Å²) in [4.78, 5) is 16.9. The second kappa shape index (κ2) is 5.68. The highest BCUT2D eigenvalue weighted by Gasteiger charge is 2.24. The van der Waals surface area contributed by atoms with E-state index in [1.165, 1.54) is 0 Å². The van der Waals surface area contributed by atoms with Crippen molar-refractivity contribution in [3.63, 3.8) is 0 Å². The Morgan fingerprint density at radius 1 is 1.33 bits per heavy atom. The van der Waals surface area contributed by atoms with Crippen LogP contribution >= 0.6 is 0 Å². The molecule has 1 unspecified atom stereocenters. The molecule has 5 heteroatoms. The first-order valence-electron chi connectivity index (χ1n) is 7.43. The molecule has 1 amide bonds. The van der Waals surface area contributed by atoms with Gasteiger partial charge in [0.25, 0.3) is 5.91 Å². The van der Waals surface area contributed by atoms with E-state index >= 15 is 0 Å². The maximum absolute atomic E-state index is 12.6. The SMILES string of the molecule is CC(NC(=O)c1c2c(nn1C)CCCC2)c1ccccn1. The average molecular weight is 284 g/mol. The molecule has 0 aromatic carbocycles. The molecular formula is C16H20N4O. The van der Waals surface area contributed by atoms with Crippen LogP contribution in [0.2, 0.25) is 0 Å². The highest BCUT2D eigenvalue weighted by Crippen LogP contribution is 2.24. The van der Waals surface area contributed by atoms with Gasteiger partial charge in [-0.3, -0.25) is 14.5 Å². The van der Waals surface area contributed by atoms with Gasteiger partial charge < -0.3 is 5.32 Å². The van der Waals surface area contributed by atoms with Crippen LogP contribution in [0.1, 0.15) is 53.2 Å². The standard InChI is InChI=1S/C16H20N4O/c1-11(13-8-5-6-10-17-13)18-16(21)15-12-7-3-4-9-14(12)19-20(15)2/h5-6,8,10-11H,3-4,7,9H2,1-2H3,(H,18,21). The van der Waals surface area contributed by atoms with Gasteiger partial charge in [0.05, 0.1) is 17.4 Å². The van der Waals surface area contributed by atoms with Crippen molar-refractivity contribution in [3.05, 3.63) is 47.0 Å². The van der Waals surface area contributed by atoms with Crippen molar-refractivity contribution in [2.24, 2.45) is 7.05 Å². The summed E-state index contributed by atoms with van der Waals surface area (Å²) >= 11 is 0. The first kappa shape index (κ1) is 13.8. The predicted molar refractivity (Wildman–Crippen MR) is 80.0 cm³/mol. The van der Waals surface area contributed by atoms with Gasteiger partial charge in [-0.1, -0.05) is 6.07 Å². The second-order valence-electron chi connectivity index (χ2n) is 5.55. The molecular weight excluding hydrogens is 264 g/mol. The summed E-state index contributed by atoms with van der Waals surface area (Å²) < 4.78 is 1.72. The number of aryl methyl sites for hydroxylation is 2. The first-order chi connectivity index (χ1) is 10.2. The number of carbonyl (C=O) groups is 1. The fourth-order valence-corrected chi connectivity index (χ4v) is 2.94. The Kier molecular flexibility index (Phi) is 3.73. The molecule has 1 N–H and O–H groups in total. The Labute approximate surface area is 124 Å². The van der Waals surface area contributed by atoms with E-state index in [4.69, 9.17) is 0 Å². The zero-order valence-electron chi connectivity index (χ0n) is 12.5. The van der Waals surface area contributed by atoms with Crippen LogP contribution in [0.25, 0.3) is 0 Å². The smallest absolute Gasteiger partial charge is 0.270 e. The van der Waals surface area contributed by atoms with Crippen molar-refractivity contribution in [3.8, 4) is 0 Å². The van der Waals surface area contributed by atoms with Gasteiger partial charge in [0.15, 0.2) is 0 Å². The summed E-state index contributed by atoms with van der Waals surface area (Å²) in [6.07, 6.45) is 5.96. The minimum atomic E-state index is -0.118. The van der Waals surface area contributed by atoms with Gasteiger partial charge in [0, 0.05) is 18.8 Å². The summed E-state index contributed by atoms with van der Waals surface area (Å²) in [5, 5.41) is 7.52. The number of hydrogen-bond donors (Lipinski definition) is 1. The summed E-state index contributed by atoms with van der Waals surface area (Å²) in [6.45, 7) is 1.95. The molecule has 2 heterocycles. The second-order valence-corrected chi connectivity index (χ2v) is 5.55. The Hall–Kier alpha value is -2.17. The monoisotopic (exact) mass is 284 g/mol. The molecule has 0 fully saturated rings. The molecule has 2 aromatic heterocycles. The molecule has 0 spiro atoms. The third-order valence-electron chi connectivity index (χ3n) is 4.01. The van der Waals surface area contributed by atoms with Crippen molar-refractivity contribution < 1.29 is 4.79 Å². The summed E-state index contributed by atoms with van der Waals surface area (Å²) in [5.41, 5.74) is 3.77. The largest absolute Gasteiger partial charge is 0.343 e. The highest BCUT2D eigenvalue weighted by molar-refractivity contribution is 5.94. The van der Waals surface area contributed by atoms with Gasteiger partial charge in [0.1, 0.15) is 5.69 Å². The molecule has 1 atom stereocenters. The van der Waals surface area contributed by atoms with Crippen LogP contribution in [-0.4, -0.2) is 20.7 Å². The molecule has 0 saturated heterocycles. The third kappa shape index (κ3) is 2.68. The van der Waals surface area contributed by atoms with Gasteiger partial charge in [-0.15, -0.1) is 0 Å². The number of carbonyl (C=O) groups excluding carboxylic acids is 1. The van der Waals surface area contributed by atoms with E-state index in [1.54, 1.807) is 10.9 Å². The summed E-state index contributed by atoms with van der Waals surface area (Å²) in [6, 6.07) is 5.60. The lowest BCUT2D eigenvalue weighted by molar-refractivity contribution is 0.0928. The normalized spacial score (nSPS) is 15.3. The Balaban J connectivity index is 1.81. The van der Waals surface area contributed by atoms with Gasteiger partial charge in [-0.2, -0.15) is 5.10 Å². The van der Waals surface area contributed by atoms with Crippen molar-refractivity contribution in [2.45, 2.75) is 38.6 Å². The predicted octanol–water partition coefficient (Wildman–Crippen LogP) is 2.18. The van der Waals surface area contributed by atoms with E-state index in [0.717, 1.165) is 42.6 Å². The molecule has 5 nitrogen and oxygen atoms in total. The van der Waals surface area contributed by atoms with E-state index in [0.29, 0.717) is 5.69 Å². The number of hydrogen-bond acceptors (Lipinski definition) is 3. The van der Waals surface area contributed by atoms with Crippen molar-refractivity contribution >= 4 is 5.91 Å². The summed E-state index contributed by atoms with van der Waals surface area (Å²) in [5.74, 6) is -0.0636. The van der Waals surface area contributed by atoms with Crippen LogP contribution in [0.3, 0.4) is 0 Å².